The first kappa shape index (κ1) is 15.0. The number of halogens is 1. The van der Waals surface area contributed by atoms with Crippen LogP contribution >= 0.6 is 11.6 Å². The van der Waals surface area contributed by atoms with E-state index in [4.69, 9.17) is 11.6 Å². The number of hydrogen-bond donors (Lipinski definition) is 1. The fourth-order valence-corrected chi connectivity index (χ4v) is 1.91. The molecule has 0 unspecified atom stereocenters. The molecule has 0 aliphatic heterocycles. The second kappa shape index (κ2) is 8.11. The highest BCUT2D eigenvalue weighted by Crippen LogP contribution is 2.12. The van der Waals surface area contributed by atoms with E-state index in [1.165, 1.54) is 5.56 Å². The molecule has 0 aliphatic carbocycles. The van der Waals surface area contributed by atoms with Gasteiger partial charge in [-0.05, 0) is 44.6 Å². The third kappa shape index (κ3) is 6.03. The molecule has 0 saturated carbocycles. The molecule has 0 atom stereocenters. The molecule has 0 radical (unpaired) electrons. The molecule has 0 aromatic heterocycles. The largest absolute Gasteiger partial charge is 0.326 e. The molecule has 0 aliphatic rings. The molecule has 18 heavy (non-hydrogen) atoms. The monoisotopic (exact) mass is 268 g/mol. The summed E-state index contributed by atoms with van der Waals surface area (Å²) in [5.74, 6) is 0.674. The third-order valence-corrected chi connectivity index (χ3v) is 2.76. The lowest BCUT2D eigenvalue weighted by atomic mass is 10.2. The van der Waals surface area contributed by atoms with Crippen LogP contribution in [0.2, 0.25) is 0 Å². The third-order valence-electron chi connectivity index (χ3n) is 2.50. The summed E-state index contributed by atoms with van der Waals surface area (Å²) < 4.78 is 0. The number of nitrogens with one attached hydrogen (secondary N) is 1. The van der Waals surface area contributed by atoms with Gasteiger partial charge in [0.05, 0.1) is 0 Å². The zero-order valence-corrected chi connectivity index (χ0v) is 11.8. The van der Waals surface area contributed by atoms with E-state index in [2.05, 4.69) is 16.3 Å². The van der Waals surface area contributed by atoms with Crippen LogP contribution < -0.4 is 5.32 Å². The Morgan fingerprint density at radius 1 is 1.33 bits per heavy atom. The predicted molar refractivity (Wildman–Crippen MR) is 77.0 cm³/mol. The number of alkyl halides is 1. The molecule has 1 aromatic carbocycles. The van der Waals surface area contributed by atoms with Crippen LogP contribution in [0, 0.1) is 0 Å². The summed E-state index contributed by atoms with van der Waals surface area (Å²) in [4.78, 5) is 13.8. The molecule has 0 fully saturated rings. The molecule has 100 valence electrons. The summed E-state index contributed by atoms with van der Waals surface area (Å²) in [6.07, 6.45) is 2.26. The molecule has 1 aromatic rings. The lowest BCUT2D eigenvalue weighted by Crippen LogP contribution is -2.13. The maximum Gasteiger partial charge on any atom is 0.224 e. The fourth-order valence-electron chi connectivity index (χ4n) is 1.72. The Morgan fingerprint density at radius 2 is 2.11 bits per heavy atom. The summed E-state index contributed by atoms with van der Waals surface area (Å²) in [6.45, 7) is 0.871. The van der Waals surface area contributed by atoms with E-state index >= 15 is 0 Å². The van der Waals surface area contributed by atoms with Gasteiger partial charge in [-0.3, -0.25) is 4.79 Å². The second-order valence-corrected chi connectivity index (χ2v) is 5.01. The predicted octanol–water partition coefficient (Wildman–Crippen LogP) is 3.10. The number of benzene rings is 1. The van der Waals surface area contributed by atoms with Gasteiger partial charge >= 0.3 is 0 Å². The summed E-state index contributed by atoms with van der Waals surface area (Å²) in [5.41, 5.74) is 2.06. The standard InChI is InChI=1S/C14H21ClN2O/c1-17(2)11-12-6-5-7-13(10-12)16-14(18)8-3-4-9-15/h5-7,10H,3-4,8-9,11H2,1-2H3,(H,16,18). The van der Waals surface area contributed by atoms with E-state index in [9.17, 15) is 4.79 Å². The lowest BCUT2D eigenvalue weighted by Gasteiger charge is -2.11. The highest BCUT2D eigenvalue weighted by molar-refractivity contribution is 6.17. The Kier molecular flexibility index (Phi) is 6.76. The van der Waals surface area contributed by atoms with Crippen molar-refractivity contribution in [3.63, 3.8) is 0 Å². The highest BCUT2D eigenvalue weighted by atomic mass is 35.5. The Labute approximate surface area is 114 Å². The fraction of sp³-hybridized carbons (Fsp3) is 0.500. The smallest absolute Gasteiger partial charge is 0.224 e. The summed E-state index contributed by atoms with van der Waals surface area (Å²) in [6, 6.07) is 7.95. The van der Waals surface area contributed by atoms with E-state index in [0.29, 0.717) is 12.3 Å². The van der Waals surface area contributed by atoms with Gasteiger partial charge in [-0.1, -0.05) is 12.1 Å². The molecule has 0 bridgehead atoms. The van der Waals surface area contributed by atoms with Crippen molar-refractivity contribution >= 4 is 23.2 Å². The summed E-state index contributed by atoms with van der Waals surface area (Å²) in [5, 5.41) is 2.91. The Hall–Kier alpha value is -1.06. The second-order valence-electron chi connectivity index (χ2n) is 4.63. The number of nitrogens with zero attached hydrogens (tertiary/aromatic N) is 1. The first-order valence-electron chi connectivity index (χ1n) is 6.21. The number of anilines is 1. The molecule has 1 rings (SSSR count). The van der Waals surface area contributed by atoms with Crippen molar-refractivity contribution in [3.8, 4) is 0 Å². The summed E-state index contributed by atoms with van der Waals surface area (Å²) in [7, 11) is 4.05. The van der Waals surface area contributed by atoms with Crippen molar-refractivity contribution < 1.29 is 4.79 Å². The first-order chi connectivity index (χ1) is 8.61. The van der Waals surface area contributed by atoms with E-state index in [1.54, 1.807) is 0 Å². The molecule has 1 amide bonds. The van der Waals surface area contributed by atoms with Gasteiger partial charge in [0.1, 0.15) is 0 Å². The summed E-state index contributed by atoms with van der Waals surface area (Å²) >= 11 is 5.58. The highest BCUT2D eigenvalue weighted by Gasteiger charge is 2.03. The van der Waals surface area contributed by atoms with Crippen LogP contribution in [0.1, 0.15) is 24.8 Å². The molecule has 0 heterocycles. The zero-order valence-electron chi connectivity index (χ0n) is 11.1. The minimum absolute atomic E-state index is 0.0575. The van der Waals surface area contributed by atoms with Gasteiger partial charge in [0.25, 0.3) is 0 Å². The zero-order chi connectivity index (χ0) is 13.4. The number of amides is 1. The van der Waals surface area contributed by atoms with Crippen molar-refractivity contribution in [3.05, 3.63) is 29.8 Å². The molecule has 1 N–H and O–H groups in total. The van der Waals surface area contributed by atoms with Gasteiger partial charge in [-0.15, -0.1) is 11.6 Å². The normalized spacial score (nSPS) is 10.7. The van der Waals surface area contributed by atoms with Gasteiger partial charge in [0, 0.05) is 24.5 Å². The van der Waals surface area contributed by atoms with Crippen molar-refractivity contribution in [1.29, 1.82) is 0 Å². The molecular weight excluding hydrogens is 248 g/mol. The van der Waals surface area contributed by atoms with Crippen LogP contribution in [0.25, 0.3) is 0 Å². The van der Waals surface area contributed by atoms with Crippen LogP contribution in [0.5, 0.6) is 0 Å². The van der Waals surface area contributed by atoms with Crippen molar-refractivity contribution in [2.45, 2.75) is 25.8 Å². The molecular formula is C14H21ClN2O. The molecule has 0 saturated heterocycles. The quantitative estimate of drug-likeness (QED) is 0.609. The van der Waals surface area contributed by atoms with Crippen molar-refractivity contribution in [1.82, 2.24) is 4.90 Å². The van der Waals surface area contributed by atoms with Gasteiger partial charge in [0.15, 0.2) is 0 Å². The number of rotatable bonds is 7. The Morgan fingerprint density at radius 3 is 2.78 bits per heavy atom. The SMILES string of the molecule is CN(C)Cc1cccc(NC(=O)CCCCCl)c1. The number of carbonyl (C=O) groups is 1. The minimum Gasteiger partial charge on any atom is -0.326 e. The average Bonchev–Trinajstić information content (AvgIpc) is 2.28. The maximum atomic E-state index is 11.7. The van der Waals surface area contributed by atoms with Crippen molar-refractivity contribution in [2.75, 3.05) is 25.3 Å². The molecule has 4 heteroatoms. The lowest BCUT2D eigenvalue weighted by molar-refractivity contribution is -0.116. The van der Waals surface area contributed by atoms with E-state index in [1.807, 2.05) is 32.3 Å². The van der Waals surface area contributed by atoms with Gasteiger partial charge < -0.3 is 10.2 Å². The number of unbranched alkanes of at least 4 members (excludes halogenated alkanes) is 1. The van der Waals surface area contributed by atoms with Crippen molar-refractivity contribution in [2.24, 2.45) is 0 Å². The molecule has 3 nitrogen and oxygen atoms in total. The van der Waals surface area contributed by atoms with E-state index in [-0.39, 0.29) is 5.91 Å². The minimum atomic E-state index is 0.0575. The number of carbonyl (C=O) groups excluding carboxylic acids is 1. The van der Waals surface area contributed by atoms with E-state index in [0.717, 1.165) is 25.1 Å². The maximum absolute atomic E-state index is 11.7. The molecule has 0 spiro atoms. The van der Waals surface area contributed by atoms with Crippen LogP contribution in [0.15, 0.2) is 24.3 Å². The Bertz CT molecular complexity index is 380. The van der Waals surface area contributed by atoms with Gasteiger partial charge in [-0.25, -0.2) is 0 Å². The van der Waals surface area contributed by atoms with Crippen LogP contribution in [0.3, 0.4) is 0 Å². The Balaban J connectivity index is 2.48. The van der Waals surface area contributed by atoms with Crippen LogP contribution in [-0.2, 0) is 11.3 Å². The number of hydrogen-bond acceptors (Lipinski definition) is 2. The first-order valence-corrected chi connectivity index (χ1v) is 6.75. The van der Waals surface area contributed by atoms with Crippen LogP contribution in [-0.4, -0.2) is 30.8 Å². The van der Waals surface area contributed by atoms with Crippen LogP contribution in [0.4, 0.5) is 5.69 Å². The van der Waals surface area contributed by atoms with E-state index < -0.39 is 0 Å². The topological polar surface area (TPSA) is 32.3 Å². The van der Waals surface area contributed by atoms with Gasteiger partial charge in [0.2, 0.25) is 5.91 Å². The average molecular weight is 269 g/mol. The van der Waals surface area contributed by atoms with Gasteiger partial charge in [-0.2, -0.15) is 0 Å².